The van der Waals surface area contributed by atoms with Gasteiger partial charge in [0.25, 0.3) is 0 Å². The van der Waals surface area contributed by atoms with Crippen LogP contribution in [-0.4, -0.2) is 49.2 Å². The number of carbonyl (C=O) groups excluding carboxylic acids is 3. The first-order valence-corrected chi connectivity index (χ1v) is 14.6. The number of fused-ring (bicyclic) bond motifs is 4. The largest absolute Gasteiger partial charge is 0.472 e. The van der Waals surface area contributed by atoms with E-state index in [1.807, 2.05) is 50.2 Å². The van der Waals surface area contributed by atoms with E-state index in [-0.39, 0.29) is 42.6 Å². The molecular weight excluding hydrogens is 522 g/mol. The molecule has 3 aliphatic carbocycles. The minimum atomic E-state index is -1.01. The molecule has 2 aromatic rings. The first-order valence-electron chi connectivity index (χ1n) is 14.6. The predicted octanol–water partition coefficient (Wildman–Crippen LogP) is 5.06. The smallest absolute Gasteiger partial charge is 0.314 e. The highest BCUT2D eigenvalue weighted by atomic mass is 16.6. The highest BCUT2D eigenvalue weighted by Gasteiger charge is 2.80. The lowest BCUT2D eigenvalue weighted by Crippen LogP contribution is -2.70. The maximum absolute atomic E-state index is 14.5. The van der Waals surface area contributed by atoms with E-state index in [1.54, 1.807) is 12.5 Å². The fraction of sp³-hybridized carbons (Fsp3) is 0.545. The number of benzene rings is 1. The Balaban J connectivity index is 1.38. The molecule has 1 aromatic carbocycles. The molecule has 216 valence electrons. The fourth-order valence-electron chi connectivity index (χ4n) is 9.76. The number of Topliss-reactive ketones (excluding diaryl/α,β-unsaturated/α-hetero) is 1. The Hall–Kier alpha value is -3.39. The van der Waals surface area contributed by atoms with Gasteiger partial charge in [-0.25, -0.2) is 0 Å². The molecule has 0 radical (unpaired) electrons. The van der Waals surface area contributed by atoms with Crippen LogP contribution in [0.15, 0.2) is 64.5 Å². The Morgan fingerprint density at radius 2 is 1.83 bits per heavy atom. The van der Waals surface area contributed by atoms with Gasteiger partial charge in [-0.3, -0.25) is 14.4 Å². The molecule has 0 bridgehead atoms. The van der Waals surface area contributed by atoms with Crippen molar-refractivity contribution < 1.29 is 33.0 Å². The Morgan fingerprint density at radius 3 is 2.51 bits per heavy atom. The standard InChI is InChI=1S/C33H37NO7/c1-17-20(18-11-12-39-16-18)13-21-26(17)32(3)22(14-25(36)38-5)31(2)24(35)15-23(34-19-9-7-6-8-10-19)33(4)28(31)27(29(32)40-21)41-30(33)37/h6-12,16,20-23,27-29,34H,13-15H2,1-5H3/t20-,21+,22-,23?,27-,28?,29-,31+,32-,33-/m1/s1. The van der Waals surface area contributed by atoms with Crippen LogP contribution in [0.5, 0.6) is 0 Å². The van der Waals surface area contributed by atoms with E-state index < -0.39 is 46.3 Å². The summed E-state index contributed by atoms with van der Waals surface area (Å²) in [4.78, 5) is 41.6. The molecule has 10 atom stereocenters. The third kappa shape index (κ3) is 3.28. The van der Waals surface area contributed by atoms with Crippen LogP contribution < -0.4 is 5.32 Å². The molecule has 2 unspecified atom stereocenters. The van der Waals surface area contributed by atoms with Gasteiger partial charge in [-0.1, -0.05) is 37.6 Å². The second-order valence-electron chi connectivity index (χ2n) is 13.2. The number of nitrogens with one attached hydrogen (secondary N) is 1. The number of rotatable bonds is 5. The summed E-state index contributed by atoms with van der Waals surface area (Å²) in [6.07, 6.45) is 3.10. The number of hydrogen-bond donors (Lipinski definition) is 1. The summed E-state index contributed by atoms with van der Waals surface area (Å²) in [5.41, 5.74) is 1.51. The van der Waals surface area contributed by atoms with Crippen molar-refractivity contribution in [3.05, 3.63) is 65.6 Å². The van der Waals surface area contributed by atoms with E-state index in [4.69, 9.17) is 18.6 Å². The van der Waals surface area contributed by atoms with E-state index in [9.17, 15) is 14.4 Å². The van der Waals surface area contributed by atoms with Crippen LogP contribution in [0.3, 0.4) is 0 Å². The van der Waals surface area contributed by atoms with Crippen molar-refractivity contribution in [3.63, 3.8) is 0 Å². The normalized spacial score (nSPS) is 42.4. The molecule has 8 nitrogen and oxygen atoms in total. The van der Waals surface area contributed by atoms with Crippen molar-refractivity contribution in [2.45, 2.75) is 77.2 Å². The highest BCUT2D eigenvalue weighted by Crippen LogP contribution is 2.73. The van der Waals surface area contributed by atoms with Gasteiger partial charge in [-0.2, -0.15) is 0 Å². The molecule has 7 rings (SSSR count). The zero-order valence-corrected chi connectivity index (χ0v) is 24.1. The van der Waals surface area contributed by atoms with Crippen molar-refractivity contribution in [2.24, 2.45) is 28.1 Å². The predicted molar refractivity (Wildman–Crippen MR) is 149 cm³/mol. The van der Waals surface area contributed by atoms with Gasteiger partial charge in [-0.05, 0) is 55.5 Å². The number of carbonyl (C=O) groups is 3. The molecule has 2 saturated heterocycles. The summed E-state index contributed by atoms with van der Waals surface area (Å²) in [6.45, 7) is 8.14. The highest BCUT2D eigenvalue weighted by molar-refractivity contribution is 5.94. The second-order valence-corrected chi connectivity index (χ2v) is 13.2. The van der Waals surface area contributed by atoms with Gasteiger partial charge >= 0.3 is 11.9 Å². The maximum Gasteiger partial charge on any atom is 0.314 e. The maximum atomic E-state index is 14.5. The van der Waals surface area contributed by atoms with Crippen molar-refractivity contribution in [3.8, 4) is 0 Å². The van der Waals surface area contributed by atoms with Crippen LogP contribution in [0, 0.1) is 28.1 Å². The third-order valence-electron chi connectivity index (χ3n) is 11.6. The molecular formula is C33H37NO7. The van der Waals surface area contributed by atoms with E-state index in [1.165, 1.54) is 12.7 Å². The summed E-state index contributed by atoms with van der Waals surface area (Å²) < 4.78 is 23.8. The fourth-order valence-corrected chi connectivity index (χ4v) is 9.76. The molecule has 1 aromatic heterocycles. The molecule has 8 heteroatoms. The van der Waals surface area contributed by atoms with Gasteiger partial charge in [0.05, 0.1) is 37.6 Å². The molecule has 0 amide bonds. The summed E-state index contributed by atoms with van der Waals surface area (Å²) >= 11 is 0. The monoisotopic (exact) mass is 559 g/mol. The van der Waals surface area contributed by atoms with E-state index in [0.29, 0.717) is 0 Å². The van der Waals surface area contributed by atoms with Gasteiger partial charge < -0.3 is 23.9 Å². The molecule has 3 heterocycles. The van der Waals surface area contributed by atoms with Crippen molar-refractivity contribution in [2.75, 3.05) is 12.4 Å². The zero-order valence-electron chi connectivity index (χ0n) is 24.1. The molecule has 0 spiro atoms. The molecule has 1 N–H and O–H groups in total. The van der Waals surface area contributed by atoms with E-state index >= 15 is 0 Å². The van der Waals surface area contributed by atoms with Crippen LogP contribution in [0.4, 0.5) is 5.69 Å². The Morgan fingerprint density at radius 1 is 1.07 bits per heavy atom. The first kappa shape index (κ1) is 26.5. The van der Waals surface area contributed by atoms with Crippen LogP contribution in [-0.2, 0) is 28.6 Å². The number of hydrogen-bond acceptors (Lipinski definition) is 8. The Kier molecular flexibility index (Phi) is 5.69. The van der Waals surface area contributed by atoms with E-state index in [0.717, 1.165) is 23.2 Å². The third-order valence-corrected chi connectivity index (χ3v) is 11.6. The number of esters is 2. The number of anilines is 1. The average molecular weight is 560 g/mol. The van der Waals surface area contributed by atoms with Crippen LogP contribution >= 0.6 is 0 Å². The van der Waals surface area contributed by atoms with Gasteiger partial charge in [0.2, 0.25) is 0 Å². The molecule has 41 heavy (non-hydrogen) atoms. The number of ether oxygens (including phenoxy) is 3. The molecule has 5 aliphatic rings. The second kappa shape index (κ2) is 8.81. The lowest BCUT2D eigenvalue weighted by molar-refractivity contribution is -0.198. The van der Waals surface area contributed by atoms with Gasteiger partial charge in [-0.15, -0.1) is 0 Å². The average Bonchev–Trinajstić information content (AvgIpc) is 3.71. The summed E-state index contributed by atoms with van der Waals surface area (Å²) in [5, 5.41) is 3.49. The van der Waals surface area contributed by atoms with Crippen LogP contribution in [0.1, 0.15) is 58.4 Å². The lowest BCUT2D eigenvalue weighted by atomic mass is 9.40. The number of allylic oxidation sites excluding steroid dienone is 1. The number of ketones is 1. The van der Waals surface area contributed by atoms with Crippen LogP contribution in [0.2, 0.25) is 0 Å². The summed E-state index contributed by atoms with van der Waals surface area (Å²) in [7, 11) is 1.38. The zero-order chi connectivity index (χ0) is 28.9. The minimum absolute atomic E-state index is 0.0383. The first-order chi connectivity index (χ1) is 19.6. The molecule has 2 aliphatic heterocycles. The van der Waals surface area contributed by atoms with Crippen molar-refractivity contribution >= 4 is 23.4 Å². The quantitative estimate of drug-likeness (QED) is 0.401. The lowest BCUT2D eigenvalue weighted by Gasteiger charge is -2.61. The Labute approximate surface area is 239 Å². The van der Waals surface area contributed by atoms with Gasteiger partial charge in [0, 0.05) is 40.8 Å². The number of para-hydroxylation sites is 1. The SMILES string of the molecule is COC(=O)C[C@H]1[C@]2(C)C3=C(C)[C@H](c4ccoc4)C[C@@H]3O[C@@H]2[C@@H]2OC(=O)[C@]3(C)C(Nc4ccccc4)CC(=O)[C@@]1(C)C23. The van der Waals surface area contributed by atoms with Crippen molar-refractivity contribution in [1.29, 1.82) is 0 Å². The molecule has 2 saturated carbocycles. The number of furan rings is 1. The van der Waals surface area contributed by atoms with Crippen LogP contribution in [0.25, 0.3) is 0 Å². The Bertz CT molecular complexity index is 1450. The summed E-state index contributed by atoms with van der Waals surface area (Å²) in [6, 6.07) is 11.2. The topological polar surface area (TPSA) is 104 Å². The van der Waals surface area contributed by atoms with Crippen molar-refractivity contribution in [1.82, 2.24) is 0 Å². The number of methoxy groups -OCH3 is 1. The summed E-state index contributed by atoms with van der Waals surface area (Å²) in [5.74, 6) is -1.44. The van der Waals surface area contributed by atoms with Gasteiger partial charge in [0.15, 0.2) is 0 Å². The van der Waals surface area contributed by atoms with E-state index in [2.05, 4.69) is 19.2 Å². The minimum Gasteiger partial charge on any atom is -0.472 e. The van der Waals surface area contributed by atoms with Gasteiger partial charge in [0.1, 0.15) is 18.0 Å². The molecule has 4 fully saturated rings.